The zero-order chi connectivity index (χ0) is 10.7. The molecule has 2 N–H and O–H groups in total. The molecule has 94 valence electrons. The van der Waals surface area contributed by atoms with Crippen molar-refractivity contribution in [2.24, 2.45) is 5.73 Å². The van der Waals surface area contributed by atoms with Crippen molar-refractivity contribution in [1.82, 2.24) is 9.78 Å². The first-order valence-corrected chi connectivity index (χ1v) is 5.05. The van der Waals surface area contributed by atoms with Gasteiger partial charge in [-0.3, -0.25) is 4.68 Å². The number of aryl methyl sites for hydroxylation is 1. The van der Waals surface area contributed by atoms with Crippen molar-refractivity contribution in [3.05, 3.63) is 53.3 Å². The topological polar surface area (TPSA) is 43.8 Å². The molecule has 0 spiro atoms. The molecule has 0 bridgehead atoms. The number of halogens is 2. The number of benzene rings is 1. The minimum Gasteiger partial charge on any atom is -0.326 e. The van der Waals surface area contributed by atoms with E-state index in [-0.39, 0.29) is 24.8 Å². The summed E-state index contributed by atoms with van der Waals surface area (Å²) in [5.74, 6) is 0. The number of nitrogens with zero attached hydrogens (tertiary/aromatic N) is 2. The quantitative estimate of drug-likeness (QED) is 0.934. The normalized spacial score (nSPS) is 9.29. The number of nitrogens with two attached hydrogens (primary N) is 1. The van der Waals surface area contributed by atoms with E-state index < -0.39 is 0 Å². The fourth-order valence-corrected chi connectivity index (χ4v) is 1.52. The van der Waals surface area contributed by atoms with E-state index in [2.05, 4.69) is 29.4 Å². The minimum absolute atomic E-state index is 0. The maximum atomic E-state index is 5.54. The molecule has 2 rings (SSSR count). The Balaban J connectivity index is 0.00000128. The molecule has 5 heteroatoms. The van der Waals surface area contributed by atoms with Crippen molar-refractivity contribution in [2.75, 3.05) is 0 Å². The molecule has 2 aromatic rings. The third kappa shape index (κ3) is 4.38. The average Bonchev–Trinajstić information content (AvgIpc) is 2.65. The van der Waals surface area contributed by atoms with E-state index in [4.69, 9.17) is 5.73 Å². The Bertz CT molecular complexity index is 437. The van der Waals surface area contributed by atoms with Crippen LogP contribution in [-0.4, -0.2) is 9.78 Å². The lowest BCUT2D eigenvalue weighted by Gasteiger charge is -2.02. The van der Waals surface area contributed by atoms with E-state index in [0.717, 1.165) is 12.1 Å². The van der Waals surface area contributed by atoms with Crippen molar-refractivity contribution >= 4 is 24.8 Å². The third-order valence-electron chi connectivity index (χ3n) is 2.37. The molecule has 0 saturated heterocycles. The molecule has 0 fully saturated rings. The Labute approximate surface area is 114 Å². The standard InChI is InChI=1S/C12H15N3.2ClH/c1-10-7-14-15(8-10)9-12-4-2-11(6-13)3-5-12;;/h2-5,7-8H,6,9,13H2,1H3;2*1H. The average molecular weight is 274 g/mol. The molecule has 0 aliphatic rings. The van der Waals surface area contributed by atoms with Gasteiger partial charge in [-0.05, 0) is 23.6 Å². The Morgan fingerprint density at radius 1 is 1.12 bits per heavy atom. The molecule has 1 aromatic heterocycles. The van der Waals surface area contributed by atoms with E-state index in [9.17, 15) is 0 Å². The number of hydrogen-bond acceptors (Lipinski definition) is 2. The highest BCUT2D eigenvalue weighted by molar-refractivity contribution is 5.85. The molecule has 0 radical (unpaired) electrons. The van der Waals surface area contributed by atoms with Crippen LogP contribution in [0, 0.1) is 6.92 Å². The number of aromatic nitrogens is 2. The predicted molar refractivity (Wildman–Crippen MR) is 74.9 cm³/mol. The summed E-state index contributed by atoms with van der Waals surface area (Å²) in [7, 11) is 0. The predicted octanol–water partition coefficient (Wildman–Crippen LogP) is 2.54. The van der Waals surface area contributed by atoms with E-state index in [1.807, 2.05) is 24.0 Å². The molecule has 0 unspecified atom stereocenters. The zero-order valence-electron chi connectivity index (χ0n) is 9.67. The first-order valence-electron chi connectivity index (χ1n) is 5.05. The van der Waals surface area contributed by atoms with Crippen LogP contribution in [0.1, 0.15) is 16.7 Å². The van der Waals surface area contributed by atoms with Crippen molar-refractivity contribution in [1.29, 1.82) is 0 Å². The smallest absolute Gasteiger partial charge is 0.0659 e. The molecule has 0 atom stereocenters. The van der Waals surface area contributed by atoms with Gasteiger partial charge in [0, 0.05) is 12.7 Å². The monoisotopic (exact) mass is 273 g/mol. The van der Waals surface area contributed by atoms with Crippen LogP contribution in [0.5, 0.6) is 0 Å². The van der Waals surface area contributed by atoms with Gasteiger partial charge < -0.3 is 5.73 Å². The van der Waals surface area contributed by atoms with Crippen molar-refractivity contribution < 1.29 is 0 Å². The van der Waals surface area contributed by atoms with Gasteiger partial charge in [0.2, 0.25) is 0 Å². The van der Waals surface area contributed by atoms with Crippen LogP contribution >= 0.6 is 24.8 Å². The van der Waals surface area contributed by atoms with Gasteiger partial charge in [-0.1, -0.05) is 24.3 Å². The molecule has 0 aliphatic carbocycles. The maximum absolute atomic E-state index is 5.54. The Morgan fingerprint density at radius 2 is 1.71 bits per heavy atom. The Hall–Kier alpha value is -1.03. The fraction of sp³-hybridized carbons (Fsp3) is 0.250. The zero-order valence-corrected chi connectivity index (χ0v) is 11.3. The summed E-state index contributed by atoms with van der Waals surface area (Å²) < 4.78 is 1.94. The van der Waals surface area contributed by atoms with Crippen LogP contribution in [-0.2, 0) is 13.1 Å². The van der Waals surface area contributed by atoms with Crippen LogP contribution in [0.4, 0.5) is 0 Å². The minimum atomic E-state index is 0. The molecule has 1 heterocycles. The number of hydrogen-bond donors (Lipinski definition) is 1. The van der Waals surface area contributed by atoms with Gasteiger partial charge in [0.05, 0.1) is 12.7 Å². The second-order valence-corrected chi connectivity index (χ2v) is 3.74. The van der Waals surface area contributed by atoms with Gasteiger partial charge in [-0.25, -0.2) is 0 Å². The summed E-state index contributed by atoms with van der Waals surface area (Å²) in [5.41, 5.74) is 9.13. The molecule has 1 aromatic carbocycles. The highest BCUT2D eigenvalue weighted by Gasteiger charge is 1.96. The molecular formula is C12H17Cl2N3. The first-order chi connectivity index (χ1) is 7.28. The van der Waals surface area contributed by atoms with Gasteiger partial charge in [0.15, 0.2) is 0 Å². The lowest BCUT2D eigenvalue weighted by atomic mass is 10.1. The van der Waals surface area contributed by atoms with E-state index in [0.29, 0.717) is 6.54 Å². The van der Waals surface area contributed by atoms with E-state index in [1.54, 1.807) is 0 Å². The van der Waals surface area contributed by atoms with Crippen molar-refractivity contribution in [2.45, 2.75) is 20.0 Å². The lowest BCUT2D eigenvalue weighted by Crippen LogP contribution is -2.01. The molecular weight excluding hydrogens is 257 g/mol. The summed E-state index contributed by atoms with van der Waals surface area (Å²) in [6.45, 7) is 3.46. The Kier molecular flexibility index (Phi) is 6.88. The summed E-state index contributed by atoms with van der Waals surface area (Å²) in [4.78, 5) is 0. The summed E-state index contributed by atoms with van der Waals surface area (Å²) >= 11 is 0. The SMILES string of the molecule is Cc1cnn(Cc2ccc(CN)cc2)c1.Cl.Cl. The van der Waals surface area contributed by atoms with E-state index in [1.165, 1.54) is 11.1 Å². The lowest BCUT2D eigenvalue weighted by molar-refractivity contribution is 0.686. The largest absolute Gasteiger partial charge is 0.326 e. The van der Waals surface area contributed by atoms with Gasteiger partial charge in [0.25, 0.3) is 0 Å². The van der Waals surface area contributed by atoms with Crippen LogP contribution < -0.4 is 5.73 Å². The van der Waals surface area contributed by atoms with E-state index >= 15 is 0 Å². The van der Waals surface area contributed by atoms with Crippen molar-refractivity contribution in [3.8, 4) is 0 Å². The highest BCUT2D eigenvalue weighted by Crippen LogP contribution is 2.06. The molecule has 3 nitrogen and oxygen atoms in total. The summed E-state index contributed by atoms with van der Waals surface area (Å²) in [6.07, 6.45) is 3.91. The van der Waals surface area contributed by atoms with Gasteiger partial charge in [0.1, 0.15) is 0 Å². The molecule has 17 heavy (non-hydrogen) atoms. The fourth-order valence-electron chi connectivity index (χ4n) is 1.52. The first kappa shape index (κ1) is 16.0. The number of rotatable bonds is 3. The van der Waals surface area contributed by atoms with Crippen LogP contribution in [0.3, 0.4) is 0 Å². The van der Waals surface area contributed by atoms with Crippen molar-refractivity contribution in [3.63, 3.8) is 0 Å². The van der Waals surface area contributed by atoms with Gasteiger partial charge in [-0.2, -0.15) is 5.10 Å². The van der Waals surface area contributed by atoms with Crippen LogP contribution in [0.15, 0.2) is 36.7 Å². The molecule has 0 aliphatic heterocycles. The summed E-state index contributed by atoms with van der Waals surface area (Å²) in [5, 5.41) is 4.25. The summed E-state index contributed by atoms with van der Waals surface area (Å²) in [6, 6.07) is 8.32. The highest BCUT2D eigenvalue weighted by atomic mass is 35.5. The Morgan fingerprint density at radius 3 is 2.18 bits per heavy atom. The molecule has 0 amide bonds. The maximum Gasteiger partial charge on any atom is 0.0659 e. The second kappa shape index (κ2) is 7.33. The van der Waals surface area contributed by atoms with Crippen LogP contribution in [0.2, 0.25) is 0 Å². The van der Waals surface area contributed by atoms with Gasteiger partial charge >= 0.3 is 0 Å². The third-order valence-corrected chi connectivity index (χ3v) is 2.37. The molecule has 0 saturated carbocycles. The van der Waals surface area contributed by atoms with Crippen LogP contribution in [0.25, 0.3) is 0 Å². The second-order valence-electron chi connectivity index (χ2n) is 3.74. The van der Waals surface area contributed by atoms with Gasteiger partial charge in [-0.15, -0.1) is 24.8 Å².